The van der Waals surface area contributed by atoms with Gasteiger partial charge >= 0.3 is 12.3 Å². The van der Waals surface area contributed by atoms with Crippen molar-refractivity contribution in [2.75, 3.05) is 36.5 Å². The quantitative estimate of drug-likeness (QED) is 0.579. The van der Waals surface area contributed by atoms with Gasteiger partial charge in [0.15, 0.2) is 0 Å². The Morgan fingerprint density at radius 1 is 1.19 bits per heavy atom. The Morgan fingerprint density at radius 3 is 2.58 bits per heavy atom. The van der Waals surface area contributed by atoms with Crippen LogP contribution >= 0.6 is 0 Å². The molecule has 200 valence electrons. The molecule has 36 heavy (non-hydrogen) atoms. The molecule has 0 aromatic heterocycles. The third-order valence-corrected chi connectivity index (χ3v) is 7.67. The zero-order valence-corrected chi connectivity index (χ0v) is 20.9. The second-order valence-electron chi connectivity index (χ2n) is 10.9. The Morgan fingerprint density at radius 2 is 1.92 bits per heavy atom. The maximum Gasteiger partial charge on any atom is 0.418 e. The second-order valence-corrected chi connectivity index (χ2v) is 10.9. The van der Waals surface area contributed by atoms with Crippen LogP contribution < -0.4 is 10.2 Å². The third-order valence-electron chi connectivity index (χ3n) is 7.67. The first-order chi connectivity index (χ1) is 17.0. The summed E-state index contributed by atoms with van der Waals surface area (Å²) >= 11 is 0. The van der Waals surface area contributed by atoms with Gasteiger partial charge in [-0.15, -0.1) is 0 Å². The van der Waals surface area contributed by atoms with Crippen molar-refractivity contribution in [3.05, 3.63) is 23.8 Å². The molecular weight excluding hydrogens is 475 g/mol. The molecule has 2 heterocycles. The average molecular weight is 512 g/mol. The molecule has 2 aliphatic heterocycles. The predicted molar refractivity (Wildman–Crippen MR) is 130 cm³/mol. The minimum absolute atomic E-state index is 0.00848. The second kappa shape index (κ2) is 10.5. The molecule has 3 fully saturated rings. The highest BCUT2D eigenvalue weighted by Gasteiger charge is 2.51. The lowest BCUT2D eigenvalue weighted by Crippen LogP contribution is -2.50. The maximum absolute atomic E-state index is 14.1. The molecule has 1 aromatic rings. The van der Waals surface area contributed by atoms with E-state index in [1.165, 1.54) is 12.1 Å². The van der Waals surface area contributed by atoms with Gasteiger partial charge in [0.2, 0.25) is 5.91 Å². The molecule has 10 heteroatoms. The van der Waals surface area contributed by atoms with E-state index in [-0.39, 0.29) is 48.5 Å². The van der Waals surface area contributed by atoms with E-state index in [1.54, 1.807) is 4.90 Å². The number of halogens is 3. The van der Waals surface area contributed by atoms with Gasteiger partial charge in [0, 0.05) is 37.1 Å². The number of benzene rings is 1. The fourth-order valence-corrected chi connectivity index (χ4v) is 5.79. The van der Waals surface area contributed by atoms with Crippen molar-refractivity contribution in [1.29, 1.82) is 0 Å². The summed E-state index contributed by atoms with van der Waals surface area (Å²) in [5.41, 5.74) is -1.50. The summed E-state index contributed by atoms with van der Waals surface area (Å²) in [5.74, 6) is 0.141. The predicted octanol–water partition coefficient (Wildman–Crippen LogP) is 5.03. The average Bonchev–Trinajstić information content (AvgIpc) is 3.13. The number of nitrogens with zero attached hydrogens (tertiary/aromatic N) is 2. The summed E-state index contributed by atoms with van der Waals surface area (Å²) in [7, 11) is 0. The van der Waals surface area contributed by atoms with Gasteiger partial charge in [-0.3, -0.25) is 10.1 Å². The van der Waals surface area contributed by atoms with Crippen LogP contribution in [-0.4, -0.2) is 60.4 Å². The molecule has 1 unspecified atom stereocenters. The van der Waals surface area contributed by atoms with Gasteiger partial charge in [-0.25, -0.2) is 4.79 Å². The number of ether oxygens (including phenoxy) is 1. The van der Waals surface area contributed by atoms with Crippen LogP contribution in [0.25, 0.3) is 0 Å². The van der Waals surface area contributed by atoms with E-state index >= 15 is 0 Å². The number of anilines is 2. The molecule has 0 bridgehead atoms. The number of nitrogens with one attached hydrogen (secondary N) is 1. The minimum atomic E-state index is -4.63. The number of hydrogen-bond donors (Lipinski definition) is 2. The van der Waals surface area contributed by atoms with Gasteiger partial charge in [-0.1, -0.05) is 13.8 Å². The van der Waals surface area contributed by atoms with Crippen LogP contribution in [0.5, 0.6) is 0 Å². The molecule has 1 spiro atoms. The maximum atomic E-state index is 14.1. The summed E-state index contributed by atoms with van der Waals surface area (Å²) in [6.07, 6.45) is -0.946. The van der Waals surface area contributed by atoms with Gasteiger partial charge in [-0.05, 0) is 69.1 Å². The van der Waals surface area contributed by atoms with Crippen LogP contribution in [0.2, 0.25) is 0 Å². The molecule has 2 amide bonds. The molecule has 2 saturated heterocycles. The van der Waals surface area contributed by atoms with Crippen LogP contribution in [0.1, 0.15) is 64.4 Å². The van der Waals surface area contributed by atoms with Gasteiger partial charge in [0.25, 0.3) is 0 Å². The number of piperidine rings is 1. The Kier molecular flexibility index (Phi) is 7.73. The Hall–Kier alpha value is -2.49. The summed E-state index contributed by atoms with van der Waals surface area (Å²) in [6.45, 7) is 5.17. The van der Waals surface area contributed by atoms with E-state index < -0.39 is 23.2 Å². The normalized spacial score (nSPS) is 27.1. The molecular formula is C26H36F3N3O4. The lowest BCUT2D eigenvalue weighted by atomic mass is 9.78. The first-order valence-electron chi connectivity index (χ1n) is 12.9. The molecule has 1 saturated carbocycles. The summed E-state index contributed by atoms with van der Waals surface area (Å²) < 4.78 is 47.3. The first-order valence-corrected chi connectivity index (χ1v) is 12.9. The molecule has 7 nitrogen and oxygen atoms in total. The standard InChI is InChI=1S/C26H36F3N3O4/c1-17(2)15-36-24(35)30-18-4-9-22(21(14-18)26(27,28)29)31-12-3-10-25(16-31)11-13-32(23(25)34)19-5-7-20(33)8-6-19/h4,9,14,17,19-20,33H,3,5-8,10-13,15-16H2,1-2H3,(H,30,35). The van der Waals surface area contributed by atoms with E-state index in [0.717, 1.165) is 18.9 Å². The van der Waals surface area contributed by atoms with E-state index in [9.17, 15) is 27.9 Å². The lowest BCUT2D eigenvalue weighted by Gasteiger charge is -2.42. The van der Waals surface area contributed by atoms with Crippen molar-refractivity contribution < 1.29 is 32.6 Å². The Labute approximate surface area is 210 Å². The van der Waals surface area contributed by atoms with E-state index in [2.05, 4.69) is 5.32 Å². The van der Waals surface area contributed by atoms with Crippen molar-refractivity contribution in [2.45, 2.75) is 77.1 Å². The lowest BCUT2D eigenvalue weighted by molar-refractivity contribution is -0.139. The Balaban J connectivity index is 1.51. The number of amides is 2. The molecule has 1 atom stereocenters. The summed E-state index contributed by atoms with van der Waals surface area (Å²) in [6, 6.07) is 3.85. The fraction of sp³-hybridized carbons (Fsp3) is 0.692. The summed E-state index contributed by atoms with van der Waals surface area (Å²) in [4.78, 5) is 29.1. The topological polar surface area (TPSA) is 82.1 Å². The molecule has 1 aliphatic carbocycles. The number of rotatable bonds is 5. The van der Waals surface area contributed by atoms with Crippen molar-refractivity contribution in [1.82, 2.24) is 4.90 Å². The summed E-state index contributed by atoms with van der Waals surface area (Å²) in [5, 5.41) is 12.2. The van der Waals surface area contributed by atoms with E-state index in [4.69, 9.17) is 4.74 Å². The monoisotopic (exact) mass is 511 g/mol. The van der Waals surface area contributed by atoms with Crippen LogP contribution in [0, 0.1) is 11.3 Å². The molecule has 3 aliphatic rings. The number of carbonyl (C=O) groups excluding carboxylic acids is 2. The zero-order valence-electron chi connectivity index (χ0n) is 20.9. The molecule has 4 rings (SSSR count). The van der Waals surface area contributed by atoms with Gasteiger partial charge in [0.1, 0.15) is 0 Å². The molecule has 1 aromatic carbocycles. The van der Waals surface area contributed by atoms with Gasteiger partial charge in [-0.2, -0.15) is 13.2 Å². The largest absolute Gasteiger partial charge is 0.449 e. The molecule has 0 radical (unpaired) electrons. The fourth-order valence-electron chi connectivity index (χ4n) is 5.79. The zero-order chi connectivity index (χ0) is 26.1. The van der Waals surface area contributed by atoms with E-state index in [0.29, 0.717) is 45.2 Å². The van der Waals surface area contributed by atoms with Crippen molar-refractivity contribution in [3.8, 4) is 0 Å². The van der Waals surface area contributed by atoms with Crippen LogP contribution in [0.3, 0.4) is 0 Å². The SMILES string of the molecule is CC(C)COC(=O)Nc1ccc(N2CCCC3(CCN(C4CCC(O)CC4)C3=O)C2)c(C(F)(F)F)c1. The highest BCUT2D eigenvalue weighted by molar-refractivity contribution is 5.87. The third kappa shape index (κ3) is 5.74. The Bertz CT molecular complexity index is 962. The number of hydrogen-bond acceptors (Lipinski definition) is 5. The number of carbonyl (C=O) groups is 2. The van der Waals surface area contributed by atoms with Crippen LogP contribution in [0.4, 0.5) is 29.3 Å². The number of alkyl halides is 3. The smallest absolute Gasteiger partial charge is 0.418 e. The van der Waals surface area contributed by atoms with Gasteiger partial charge in [0.05, 0.1) is 23.7 Å². The highest BCUT2D eigenvalue weighted by Crippen LogP contribution is 2.46. The van der Waals surface area contributed by atoms with Crippen molar-refractivity contribution in [3.63, 3.8) is 0 Å². The molecule has 2 N–H and O–H groups in total. The first kappa shape index (κ1) is 26.6. The van der Waals surface area contributed by atoms with E-state index in [1.807, 2.05) is 18.7 Å². The van der Waals surface area contributed by atoms with Crippen LogP contribution in [0.15, 0.2) is 18.2 Å². The number of likely N-dealkylation sites (tertiary alicyclic amines) is 1. The highest BCUT2D eigenvalue weighted by atomic mass is 19.4. The van der Waals surface area contributed by atoms with Gasteiger partial charge < -0.3 is 19.6 Å². The van der Waals surface area contributed by atoms with Crippen molar-refractivity contribution >= 4 is 23.4 Å². The van der Waals surface area contributed by atoms with Crippen LogP contribution in [-0.2, 0) is 15.7 Å². The number of aliphatic hydroxyl groups is 1. The number of aliphatic hydroxyl groups excluding tert-OH is 1. The van der Waals surface area contributed by atoms with Crippen molar-refractivity contribution in [2.24, 2.45) is 11.3 Å². The minimum Gasteiger partial charge on any atom is -0.449 e.